The van der Waals surface area contributed by atoms with E-state index in [4.69, 9.17) is 13.9 Å². The fraction of sp³-hybridized carbons (Fsp3) is 0.455. The Morgan fingerprint density at radius 3 is 2.86 bits per heavy atom. The summed E-state index contributed by atoms with van der Waals surface area (Å²) < 4.78 is 16.3. The highest BCUT2D eigenvalue weighted by Gasteiger charge is 2.22. The van der Waals surface area contributed by atoms with Gasteiger partial charge < -0.3 is 19.2 Å². The van der Waals surface area contributed by atoms with Gasteiger partial charge in [-0.1, -0.05) is 29.8 Å². The molecule has 1 aromatic heterocycles. The number of furan rings is 1. The van der Waals surface area contributed by atoms with Crippen molar-refractivity contribution in [2.24, 2.45) is 0 Å². The molecule has 0 bridgehead atoms. The Bertz CT molecular complexity index is 852. The molecular formula is C22H27NO5. The second-order valence-electron chi connectivity index (χ2n) is 6.83. The van der Waals surface area contributed by atoms with Gasteiger partial charge in [0.05, 0.1) is 6.61 Å². The third-order valence-electron chi connectivity index (χ3n) is 4.82. The van der Waals surface area contributed by atoms with Crippen LogP contribution in [-0.4, -0.2) is 31.6 Å². The predicted octanol–water partition coefficient (Wildman–Crippen LogP) is 4.13. The number of carbonyl (C=O) groups excluding carboxylic acids is 2. The molecular weight excluding hydrogens is 358 g/mol. The van der Waals surface area contributed by atoms with Crippen LogP contribution in [0.25, 0.3) is 11.0 Å². The van der Waals surface area contributed by atoms with Crippen LogP contribution >= 0.6 is 0 Å². The van der Waals surface area contributed by atoms with Crippen molar-refractivity contribution in [3.8, 4) is 0 Å². The van der Waals surface area contributed by atoms with Crippen LogP contribution in [0.4, 0.5) is 0 Å². The molecule has 1 aliphatic rings. The third kappa shape index (κ3) is 5.23. The lowest BCUT2D eigenvalue weighted by Gasteiger charge is -2.13. The molecule has 0 saturated heterocycles. The first kappa shape index (κ1) is 20.1. The van der Waals surface area contributed by atoms with Crippen molar-refractivity contribution in [2.75, 3.05) is 19.8 Å². The molecule has 0 aliphatic heterocycles. The number of carbonyl (C=O) groups is 2. The summed E-state index contributed by atoms with van der Waals surface area (Å²) in [6.45, 7) is 2.88. The summed E-state index contributed by atoms with van der Waals surface area (Å²) in [6.07, 6.45) is 7.82. The third-order valence-corrected chi connectivity index (χ3v) is 4.82. The second-order valence-corrected chi connectivity index (χ2v) is 6.83. The van der Waals surface area contributed by atoms with Crippen LogP contribution in [0.1, 0.15) is 55.1 Å². The number of hydrogen-bond donors (Lipinski definition) is 1. The molecule has 0 fully saturated rings. The molecule has 0 atom stereocenters. The van der Waals surface area contributed by atoms with Gasteiger partial charge in [-0.15, -0.1) is 0 Å². The molecule has 0 radical (unpaired) electrons. The summed E-state index contributed by atoms with van der Waals surface area (Å²) >= 11 is 0. The van der Waals surface area contributed by atoms with Gasteiger partial charge in [0.2, 0.25) is 5.76 Å². The Balaban J connectivity index is 1.54. The summed E-state index contributed by atoms with van der Waals surface area (Å²) in [5, 5.41) is 3.61. The van der Waals surface area contributed by atoms with Gasteiger partial charge in [-0.05, 0) is 45.1 Å². The second kappa shape index (κ2) is 10.1. The van der Waals surface area contributed by atoms with Gasteiger partial charge >= 0.3 is 5.97 Å². The van der Waals surface area contributed by atoms with E-state index in [0.717, 1.165) is 24.6 Å². The molecule has 150 valence electrons. The Morgan fingerprint density at radius 2 is 2.07 bits per heavy atom. The molecule has 3 rings (SSSR count). The van der Waals surface area contributed by atoms with E-state index >= 15 is 0 Å². The van der Waals surface area contributed by atoms with Gasteiger partial charge in [0.25, 0.3) is 5.91 Å². The molecule has 1 aromatic carbocycles. The van der Waals surface area contributed by atoms with Gasteiger partial charge in [0.1, 0.15) is 5.58 Å². The van der Waals surface area contributed by atoms with Crippen LogP contribution < -0.4 is 5.32 Å². The molecule has 1 amide bonds. The SMILES string of the molecule is CCOCc1c(C(=O)OCC(=O)NCCC2=CCCCC2)oc2ccccc12. The molecule has 1 N–H and O–H groups in total. The maximum atomic E-state index is 12.5. The van der Waals surface area contributed by atoms with Gasteiger partial charge in [0.15, 0.2) is 6.61 Å². The largest absolute Gasteiger partial charge is 0.450 e. The normalized spacial score (nSPS) is 14.0. The van der Waals surface area contributed by atoms with E-state index in [-0.39, 0.29) is 24.9 Å². The number of rotatable bonds is 9. The van der Waals surface area contributed by atoms with Crippen molar-refractivity contribution in [3.63, 3.8) is 0 Å². The quantitative estimate of drug-likeness (QED) is 0.519. The molecule has 28 heavy (non-hydrogen) atoms. The van der Waals surface area contributed by atoms with Gasteiger partial charge in [-0.2, -0.15) is 0 Å². The molecule has 6 heteroatoms. The minimum absolute atomic E-state index is 0.0924. The van der Waals surface area contributed by atoms with Crippen molar-refractivity contribution < 1.29 is 23.5 Å². The highest BCUT2D eigenvalue weighted by Crippen LogP contribution is 2.27. The highest BCUT2D eigenvalue weighted by molar-refractivity contribution is 5.96. The molecule has 1 heterocycles. The number of para-hydroxylation sites is 1. The van der Waals surface area contributed by atoms with Crippen LogP contribution in [0.15, 0.2) is 40.3 Å². The number of amides is 1. The van der Waals surface area contributed by atoms with Crippen LogP contribution in [-0.2, 0) is 20.9 Å². The number of hydrogen-bond acceptors (Lipinski definition) is 5. The molecule has 1 aliphatic carbocycles. The number of benzene rings is 1. The smallest absolute Gasteiger partial charge is 0.375 e. The van der Waals surface area contributed by atoms with Crippen LogP contribution in [0.5, 0.6) is 0 Å². The van der Waals surface area contributed by atoms with Crippen LogP contribution in [0, 0.1) is 0 Å². The van der Waals surface area contributed by atoms with E-state index in [1.165, 1.54) is 18.4 Å². The summed E-state index contributed by atoms with van der Waals surface area (Å²) in [6, 6.07) is 7.36. The van der Waals surface area contributed by atoms with E-state index in [1.807, 2.05) is 25.1 Å². The van der Waals surface area contributed by atoms with Crippen molar-refractivity contribution in [1.82, 2.24) is 5.32 Å². The van der Waals surface area contributed by atoms with Crippen LogP contribution in [0.3, 0.4) is 0 Å². The predicted molar refractivity (Wildman–Crippen MR) is 106 cm³/mol. The van der Waals surface area contributed by atoms with Crippen LogP contribution in [0.2, 0.25) is 0 Å². The van der Waals surface area contributed by atoms with E-state index in [0.29, 0.717) is 24.3 Å². The maximum Gasteiger partial charge on any atom is 0.375 e. The Hall–Kier alpha value is -2.60. The summed E-state index contributed by atoms with van der Waals surface area (Å²) in [7, 11) is 0. The maximum absolute atomic E-state index is 12.5. The zero-order chi connectivity index (χ0) is 19.8. The molecule has 0 saturated carbocycles. The van der Waals surface area contributed by atoms with Gasteiger partial charge in [-0.3, -0.25) is 4.79 Å². The topological polar surface area (TPSA) is 77.8 Å². The standard InChI is InChI=1S/C22H27NO5/c1-2-26-14-18-17-10-6-7-11-19(17)28-21(18)22(25)27-15-20(24)23-13-12-16-8-4-3-5-9-16/h6-8,10-11H,2-5,9,12-15H2,1H3,(H,23,24). The lowest BCUT2D eigenvalue weighted by atomic mass is 9.97. The van der Waals surface area contributed by atoms with Crippen molar-refractivity contribution in [3.05, 3.63) is 47.2 Å². The lowest BCUT2D eigenvalue weighted by Crippen LogP contribution is -2.30. The molecule has 2 aromatic rings. The summed E-state index contributed by atoms with van der Waals surface area (Å²) in [5.41, 5.74) is 2.63. The minimum atomic E-state index is -0.656. The average Bonchev–Trinajstić information content (AvgIpc) is 3.10. The first-order valence-corrected chi connectivity index (χ1v) is 9.89. The Morgan fingerprint density at radius 1 is 1.21 bits per heavy atom. The molecule has 6 nitrogen and oxygen atoms in total. The number of allylic oxidation sites excluding steroid dienone is 1. The molecule has 0 unspecified atom stereocenters. The van der Waals surface area contributed by atoms with Gasteiger partial charge in [-0.25, -0.2) is 4.79 Å². The van der Waals surface area contributed by atoms with Crippen molar-refractivity contribution in [1.29, 1.82) is 0 Å². The number of nitrogens with one attached hydrogen (secondary N) is 1. The highest BCUT2D eigenvalue weighted by atomic mass is 16.5. The summed E-state index contributed by atoms with van der Waals surface area (Å²) in [5.74, 6) is -0.877. The first-order chi connectivity index (χ1) is 13.7. The minimum Gasteiger partial charge on any atom is -0.450 e. The molecule has 0 spiro atoms. The summed E-state index contributed by atoms with van der Waals surface area (Å²) in [4.78, 5) is 24.4. The van der Waals surface area contributed by atoms with E-state index < -0.39 is 5.97 Å². The Labute approximate surface area is 164 Å². The van der Waals surface area contributed by atoms with E-state index in [1.54, 1.807) is 6.07 Å². The zero-order valence-electron chi connectivity index (χ0n) is 16.3. The van der Waals surface area contributed by atoms with Gasteiger partial charge in [0, 0.05) is 24.1 Å². The number of ether oxygens (including phenoxy) is 2. The number of esters is 1. The lowest BCUT2D eigenvalue weighted by molar-refractivity contribution is -0.124. The monoisotopic (exact) mass is 385 g/mol. The van der Waals surface area contributed by atoms with Crippen molar-refractivity contribution >= 4 is 22.8 Å². The van der Waals surface area contributed by atoms with E-state index in [2.05, 4.69) is 11.4 Å². The fourth-order valence-corrected chi connectivity index (χ4v) is 3.35. The zero-order valence-corrected chi connectivity index (χ0v) is 16.3. The number of fused-ring (bicyclic) bond motifs is 1. The fourth-order valence-electron chi connectivity index (χ4n) is 3.35. The van der Waals surface area contributed by atoms with E-state index in [9.17, 15) is 9.59 Å². The first-order valence-electron chi connectivity index (χ1n) is 9.89. The average molecular weight is 385 g/mol. The Kier molecular flexibility index (Phi) is 7.25. The van der Waals surface area contributed by atoms with Crippen molar-refractivity contribution in [2.45, 2.75) is 45.6 Å².